The molecule has 0 bridgehead atoms. The topological polar surface area (TPSA) is 35.5 Å². The fourth-order valence-corrected chi connectivity index (χ4v) is 3.65. The SMILES string of the molecule is COC1=C(OC)S(=C=O)SC1. The van der Waals surface area contributed by atoms with Crippen LogP contribution in [0, 0.1) is 0 Å². The van der Waals surface area contributed by atoms with Gasteiger partial charge in [0, 0.05) is 9.52 Å². The van der Waals surface area contributed by atoms with Gasteiger partial charge in [-0.1, -0.05) is 10.8 Å². The molecule has 0 amide bonds. The standard InChI is InChI=1S/C6H8O3S2/c1-8-5-3-10-11(4-7)6(5)9-2/h3H2,1-2H3. The molecule has 62 valence electrons. The second-order valence-corrected chi connectivity index (χ2v) is 5.04. The summed E-state index contributed by atoms with van der Waals surface area (Å²) in [5.74, 6) is 1.46. The fourth-order valence-electron chi connectivity index (χ4n) is 0.722. The molecule has 0 aromatic carbocycles. The van der Waals surface area contributed by atoms with Crippen LogP contribution in [0.5, 0.6) is 0 Å². The summed E-state index contributed by atoms with van der Waals surface area (Å²) in [5.41, 5.74) is 0. The molecule has 1 rings (SSSR count). The minimum absolute atomic E-state index is 0.559. The number of rotatable bonds is 2. The van der Waals surface area contributed by atoms with Crippen LogP contribution in [0.4, 0.5) is 0 Å². The van der Waals surface area contributed by atoms with Crippen LogP contribution in [0.1, 0.15) is 0 Å². The summed E-state index contributed by atoms with van der Waals surface area (Å²) in [5, 5.41) is 2.54. The van der Waals surface area contributed by atoms with Gasteiger partial charge in [0.1, 0.15) is 0 Å². The molecule has 1 unspecified atom stereocenters. The Bertz CT molecular complexity index is 240. The zero-order valence-corrected chi connectivity index (χ0v) is 7.88. The number of ether oxygens (including phenoxy) is 2. The Morgan fingerprint density at radius 2 is 2.27 bits per heavy atom. The Labute approximate surface area is 71.1 Å². The minimum atomic E-state index is -0.559. The maximum Gasteiger partial charge on any atom is 0.206 e. The quantitative estimate of drug-likeness (QED) is 0.490. The summed E-state index contributed by atoms with van der Waals surface area (Å²) in [4.78, 5) is 10.3. The van der Waals surface area contributed by atoms with E-state index in [0.717, 1.165) is 5.76 Å². The highest BCUT2D eigenvalue weighted by Crippen LogP contribution is 2.47. The summed E-state index contributed by atoms with van der Waals surface area (Å²) < 4.78 is 10.0. The first-order valence-corrected chi connectivity index (χ1v) is 5.62. The first-order chi connectivity index (χ1) is 5.33. The van der Waals surface area contributed by atoms with E-state index in [2.05, 4.69) is 0 Å². The lowest BCUT2D eigenvalue weighted by atomic mass is 10.6. The molecule has 0 spiro atoms. The van der Waals surface area contributed by atoms with Gasteiger partial charge < -0.3 is 9.47 Å². The Morgan fingerprint density at radius 3 is 2.73 bits per heavy atom. The van der Waals surface area contributed by atoms with Crippen molar-refractivity contribution in [1.82, 2.24) is 0 Å². The molecule has 0 aliphatic carbocycles. The smallest absolute Gasteiger partial charge is 0.206 e. The molecular weight excluding hydrogens is 184 g/mol. The maximum absolute atomic E-state index is 10.3. The molecule has 0 fully saturated rings. The molecule has 0 aromatic rings. The second kappa shape index (κ2) is 3.85. The molecule has 1 aliphatic heterocycles. The molecule has 1 heterocycles. The normalized spacial score (nSPS) is 23.3. The van der Waals surface area contributed by atoms with Crippen LogP contribution in [-0.4, -0.2) is 25.2 Å². The fraction of sp³-hybridized carbons (Fsp3) is 0.500. The van der Waals surface area contributed by atoms with Gasteiger partial charge in [-0.05, 0) is 0 Å². The zero-order valence-electron chi connectivity index (χ0n) is 6.25. The summed E-state index contributed by atoms with van der Waals surface area (Å²) in [6, 6.07) is 0. The summed E-state index contributed by atoms with van der Waals surface area (Å²) in [7, 11) is 4.04. The third-order valence-corrected chi connectivity index (χ3v) is 4.43. The average molecular weight is 192 g/mol. The van der Waals surface area contributed by atoms with Gasteiger partial charge in [0.15, 0.2) is 11.0 Å². The van der Waals surface area contributed by atoms with E-state index < -0.39 is 9.52 Å². The van der Waals surface area contributed by atoms with Crippen LogP contribution in [0.2, 0.25) is 0 Å². The molecule has 1 atom stereocenters. The predicted octanol–water partition coefficient (Wildman–Crippen LogP) is 1.45. The lowest BCUT2D eigenvalue weighted by Gasteiger charge is -2.01. The average Bonchev–Trinajstić information content (AvgIpc) is 2.45. The van der Waals surface area contributed by atoms with Crippen molar-refractivity contribution in [2.45, 2.75) is 0 Å². The summed E-state index contributed by atoms with van der Waals surface area (Å²) >= 11 is 0. The number of hydrogen-bond acceptors (Lipinski definition) is 4. The van der Waals surface area contributed by atoms with E-state index in [9.17, 15) is 4.79 Å². The van der Waals surface area contributed by atoms with Crippen molar-refractivity contribution < 1.29 is 14.3 Å². The Kier molecular flexibility index (Phi) is 3.05. The van der Waals surface area contributed by atoms with E-state index in [1.54, 1.807) is 7.11 Å². The Hall–Kier alpha value is -0.380. The largest absolute Gasteiger partial charge is 0.496 e. The molecular formula is C6H8O3S2. The maximum atomic E-state index is 10.3. The van der Waals surface area contributed by atoms with Gasteiger partial charge in [0.05, 0.1) is 20.0 Å². The lowest BCUT2D eigenvalue weighted by molar-refractivity contribution is 0.246. The minimum Gasteiger partial charge on any atom is -0.496 e. The van der Waals surface area contributed by atoms with E-state index in [4.69, 9.17) is 9.47 Å². The van der Waals surface area contributed by atoms with Gasteiger partial charge in [0.2, 0.25) is 5.09 Å². The van der Waals surface area contributed by atoms with Crippen LogP contribution >= 0.6 is 20.3 Å². The summed E-state index contributed by atoms with van der Waals surface area (Å²) in [6.07, 6.45) is 0. The third kappa shape index (κ3) is 1.61. The molecule has 0 saturated carbocycles. The van der Waals surface area contributed by atoms with Crippen molar-refractivity contribution in [3.8, 4) is 0 Å². The molecule has 0 N–H and O–H groups in total. The predicted molar refractivity (Wildman–Crippen MR) is 46.8 cm³/mol. The van der Waals surface area contributed by atoms with Gasteiger partial charge >= 0.3 is 0 Å². The Morgan fingerprint density at radius 1 is 1.55 bits per heavy atom. The molecule has 0 aromatic heterocycles. The van der Waals surface area contributed by atoms with Crippen LogP contribution in [0.15, 0.2) is 10.9 Å². The van der Waals surface area contributed by atoms with Gasteiger partial charge in [-0.2, -0.15) is 0 Å². The first-order valence-electron chi connectivity index (χ1n) is 2.90. The first kappa shape index (κ1) is 8.71. The second-order valence-electron chi connectivity index (χ2n) is 1.73. The molecule has 1 aliphatic rings. The van der Waals surface area contributed by atoms with Crippen molar-refractivity contribution in [3.63, 3.8) is 0 Å². The van der Waals surface area contributed by atoms with E-state index in [-0.39, 0.29) is 0 Å². The monoisotopic (exact) mass is 192 g/mol. The van der Waals surface area contributed by atoms with Gasteiger partial charge in [0.25, 0.3) is 0 Å². The van der Waals surface area contributed by atoms with Crippen molar-refractivity contribution in [2.75, 3.05) is 20.0 Å². The van der Waals surface area contributed by atoms with Gasteiger partial charge in [-0.25, -0.2) is 4.79 Å². The molecule has 11 heavy (non-hydrogen) atoms. The van der Waals surface area contributed by atoms with E-state index in [1.807, 2.05) is 5.23 Å². The Balaban J connectivity index is 2.96. The highest BCUT2D eigenvalue weighted by atomic mass is 33.1. The van der Waals surface area contributed by atoms with Crippen LogP contribution < -0.4 is 0 Å². The number of hydrogen-bond donors (Lipinski definition) is 0. The van der Waals surface area contributed by atoms with Crippen molar-refractivity contribution in [3.05, 3.63) is 10.9 Å². The number of carbonyl (C=O) groups excluding carboxylic acids is 1. The molecule has 0 saturated heterocycles. The molecule has 3 nitrogen and oxygen atoms in total. The van der Waals surface area contributed by atoms with Crippen LogP contribution in [0.25, 0.3) is 0 Å². The lowest BCUT2D eigenvalue weighted by Crippen LogP contribution is -1.90. The van der Waals surface area contributed by atoms with Crippen molar-refractivity contribution >= 4 is 25.5 Å². The zero-order chi connectivity index (χ0) is 8.27. The highest BCUT2D eigenvalue weighted by molar-refractivity contribution is 8.85. The van der Waals surface area contributed by atoms with Gasteiger partial charge in [-0.15, -0.1) is 0 Å². The van der Waals surface area contributed by atoms with Crippen LogP contribution in [0.3, 0.4) is 0 Å². The van der Waals surface area contributed by atoms with Gasteiger partial charge in [-0.3, -0.25) is 0 Å². The number of methoxy groups -OCH3 is 2. The van der Waals surface area contributed by atoms with E-state index >= 15 is 0 Å². The van der Waals surface area contributed by atoms with Crippen molar-refractivity contribution in [2.24, 2.45) is 0 Å². The molecule has 5 heteroatoms. The summed E-state index contributed by atoms with van der Waals surface area (Å²) in [6.45, 7) is 0. The molecule has 0 radical (unpaired) electrons. The highest BCUT2D eigenvalue weighted by Gasteiger charge is 2.22. The van der Waals surface area contributed by atoms with E-state index in [1.165, 1.54) is 17.9 Å². The van der Waals surface area contributed by atoms with Crippen LogP contribution in [-0.2, 0) is 14.3 Å². The third-order valence-electron chi connectivity index (χ3n) is 1.21. The van der Waals surface area contributed by atoms with E-state index in [0.29, 0.717) is 10.8 Å². The van der Waals surface area contributed by atoms with Crippen molar-refractivity contribution in [1.29, 1.82) is 0 Å².